The Morgan fingerprint density at radius 2 is 1.86 bits per heavy atom. The Kier molecular flexibility index (Phi) is 17.6. The number of hydrogen-bond acceptors (Lipinski definition) is 10. The Balaban J connectivity index is 1.30. The topological polar surface area (TPSA) is 161 Å². The third kappa shape index (κ3) is 10.7. The molecule has 6 rings (SSSR count). The van der Waals surface area contributed by atoms with Gasteiger partial charge >= 0.3 is 0 Å². The maximum Gasteiger partial charge on any atom is 0.145 e. The highest BCUT2D eigenvalue weighted by atomic mass is 16.6. The molecule has 10 heteroatoms. The van der Waals surface area contributed by atoms with E-state index >= 15 is 0 Å². The smallest absolute Gasteiger partial charge is 0.145 e. The second kappa shape index (κ2) is 22.4. The van der Waals surface area contributed by atoms with Gasteiger partial charge in [-0.2, -0.15) is 0 Å². The van der Waals surface area contributed by atoms with Crippen LogP contribution in [0.2, 0.25) is 0 Å². The summed E-state index contributed by atoms with van der Waals surface area (Å²) in [5.74, 6) is -0.534. The molecule has 3 fully saturated rings. The highest BCUT2D eigenvalue weighted by Gasteiger charge is 2.68. The van der Waals surface area contributed by atoms with Crippen molar-refractivity contribution in [3.05, 3.63) is 106 Å². The maximum absolute atomic E-state index is 12.9. The molecular weight excluding hydrogens is 793 g/mol. The van der Waals surface area contributed by atoms with Crippen LogP contribution in [-0.4, -0.2) is 103 Å². The summed E-state index contributed by atoms with van der Waals surface area (Å²) in [4.78, 5) is 12.4. The lowest BCUT2D eigenvalue weighted by Gasteiger charge is -2.61. The van der Waals surface area contributed by atoms with E-state index in [9.17, 15) is 30.3 Å². The number of benzene rings is 1. The molecule has 1 spiro atoms. The van der Waals surface area contributed by atoms with Gasteiger partial charge in [0, 0.05) is 43.1 Å². The predicted octanol–water partition coefficient (Wildman–Crippen LogP) is 6.82. The lowest BCUT2D eigenvalue weighted by Crippen LogP contribution is -2.65. The minimum atomic E-state index is -1.25. The van der Waals surface area contributed by atoms with E-state index in [0.29, 0.717) is 63.2 Å². The van der Waals surface area contributed by atoms with Gasteiger partial charge in [-0.1, -0.05) is 97.7 Å². The van der Waals surface area contributed by atoms with Gasteiger partial charge in [-0.3, -0.25) is 10.1 Å². The number of aliphatic hydroxyl groups excluding tert-OH is 4. The Morgan fingerprint density at radius 1 is 1.08 bits per heavy atom. The van der Waals surface area contributed by atoms with Crippen LogP contribution in [0.4, 0.5) is 0 Å². The summed E-state index contributed by atoms with van der Waals surface area (Å²) in [7, 11) is 3.62. The number of methoxy groups -OCH3 is 1. The third-order valence-electron chi connectivity index (χ3n) is 16.1. The average molecular weight is 871 g/mol. The van der Waals surface area contributed by atoms with E-state index in [0.717, 1.165) is 60.7 Å². The van der Waals surface area contributed by atoms with Gasteiger partial charge < -0.3 is 40.3 Å². The zero-order valence-corrected chi connectivity index (χ0v) is 38.6. The second-order valence-electron chi connectivity index (χ2n) is 19.6. The fourth-order valence-corrected chi connectivity index (χ4v) is 12.8. The molecule has 1 aromatic rings. The predicted molar refractivity (Wildman–Crippen MR) is 249 cm³/mol. The van der Waals surface area contributed by atoms with E-state index in [-0.39, 0.29) is 48.3 Å². The van der Waals surface area contributed by atoms with E-state index in [1.54, 1.807) is 7.11 Å². The standard InChI is InChI=1S/C53H78N2O8/c1-36(42-18-17-37(2)50(60)55-51(25-28-62-5,45-15-7-6-8-16-45)31-40-13-10-12-39(29-40)30-42)11-9-14-44(34-63-35-58)46-21-23-53(49(46)59)48-41(22-27-56)19-20-43(47(48)38(3)33-57)32-52(53,61)24-26-54-4/h9-14,17,19-20,29,33,41-43,45-46,48-50,54-56,58-61H,1,6-8,15-16,18,21-28,30-32,34-35H2,2-5H3/t41-,42+,43+,46-,48-,49-,50-,51+,52-,53-/m1/s1. The quantitative estimate of drug-likeness (QED) is 0.0291. The van der Waals surface area contributed by atoms with Crippen molar-refractivity contribution in [2.24, 2.45) is 40.9 Å². The van der Waals surface area contributed by atoms with Crippen molar-refractivity contribution in [2.45, 2.75) is 127 Å². The summed E-state index contributed by atoms with van der Waals surface area (Å²) < 4.78 is 11.3. The van der Waals surface area contributed by atoms with E-state index in [2.05, 4.69) is 59.7 Å². The van der Waals surface area contributed by atoms with E-state index < -0.39 is 30.1 Å². The molecule has 0 saturated heterocycles. The van der Waals surface area contributed by atoms with Gasteiger partial charge in [0.15, 0.2) is 0 Å². The maximum atomic E-state index is 12.9. The molecule has 0 amide bonds. The summed E-state index contributed by atoms with van der Waals surface area (Å²) in [6, 6.07) is 8.90. The molecular formula is C53H78N2O8. The molecule has 63 heavy (non-hydrogen) atoms. The first-order valence-electron chi connectivity index (χ1n) is 23.8. The molecule has 0 aromatic heterocycles. The third-order valence-corrected chi connectivity index (χ3v) is 16.1. The molecule has 348 valence electrons. The van der Waals surface area contributed by atoms with Gasteiger partial charge in [-0.25, -0.2) is 0 Å². The lowest BCUT2D eigenvalue weighted by atomic mass is 9.45. The Hall–Kier alpha value is -3.03. The average Bonchev–Trinajstić information content (AvgIpc) is 3.63. The number of aliphatic hydroxyl groups is 5. The zero-order valence-electron chi connectivity index (χ0n) is 38.6. The van der Waals surface area contributed by atoms with Crippen LogP contribution < -0.4 is 10.6 Å². The minimum absolute atomic E-state index is 0.0480. The van der Waals surface area contributed by atoms with Gasteiger partial charge in [0.25, 0.3) is 0 Å². The molecule has 7 N–H and O–H groups in total. The normalized spacial score (nSPS) is 35.0. The molecule has 1 aromatic carbocycles. The summed E-state index contributed by atoms with van der Waals surface area (Å²) >= 11 is 0. The SMILES string of the molecule is C=C(C=CC=C(COCO)[C@H]1CC[C@]2([C@@H]1O)[C@H]1C(=C(C)C=O)[C@@H](C=C[C@@H]1CCO)C[C@]2(O)CCNC)[C@H]1CC=C(C)[C@@H](O)N[C@](CCOC)(C2CCCCC2)Cc2cccc(c2)C1. The number of carbonyl (C=O) groups is 1. The van der Waals surface area contributed by atoms with Crippen molar-refractivity contribution in [3.63, 3.8) is 0 Å². The highest BCUT2D eigenvalue weighted by Crippen LogP contribution is 2.67. The highest BCUT2D eigenvalue weighted by molar-refractivity contribution is 5.74. The number of rotatable bonds is 17. The van der Waals surface area contributed by atoms with Crippen LogP contribution >= 0.6 is 0 Å². The van der Waals surface area contributed by atoms with Crippen LogP contribution in [-0.2, 0) is 27.1 Å². The molecule has 1 heterocycles. The molecule has 10 nitrogen and oxygen atoms in total. The zero-order chi connectivity index (χ0) is 45.2. The van der Waals surface area contributed by atoms with Gasteiger partial charge in [-0.05, 0) is 150 Å². The molecule has 0 unspecified atom stereocenters. The van der Waals surface area contributed by atoms with Crippen LogP contribution in [0.5, 0.6) is 0 Å². The number of hydrogen-bond donors (Lipinski definition) is 7. The largest absolute Gasteiger partial charge is 0.396 e. The van der Waals surface area contributed by atoms with Crippen molar-refractivity contribution in [1.29, 1.82) is 0 Å². The van der Waals surface area contributed by atoms with Gasteiger partial charge in [-0.15, -0.1) is 0 Å². The monoisotopic (exact) mass is 871 g/mol. The van der Waals surface area contributed by atoms with E-state index in [4.69, 9.17) is 9.47 Å². The number of allylic oxidation sites excluding steroid dienone is 9. The number of nitrogens with one attached hydrogen (secondary N) is 2. The first-order chi connectivity index (χ1) is 30.4. The van der Waals surface area contributed by atoms with Gasteiger partial charge in [0.2, 0.25) is 0 Å². The number of carbonyl (C=O) groups excluding carboxylic acids is 1. The molecule has 5 aliphatic rings. The molecule has 0 radical (unpaired) electrons. The molecule has 3 saturated carbocycles. The number of ether oxygens (including phenoxy) is 2. The van der Waals surface area contributed by atoms with Crippen molar-refractivity contribution >= 4 is 6.29 Å². The van der Waals surface area contributed by atoms with Crippen molar-refractivity contribution < 1.29 is 39.8 Å². The molecule has 4 aliphatic carbocycles. The van der Waals surface area contributed by atoms with Gasteiger partial charge in [0.05, 0.1) is 18.3 Å². The minimum Gasteiger partial charge on any atom is -0.396 e. The van der Waals surface area contributed by atoms with Crippen molar-refractivity contribution in [3.8, 4) is 0 Å². The van der Waals surface area contributed by atoms with Crippen LogP contribution in [0.25, 0.3) is 0 Å². The molecule has 10 atom stereocenters. The number of aldehydes is 1. The van der Waals surface area contributed by atoms with Crippen LogP contribution in [0.3, 0.4) is 0 Å². The Morgan fingerprint density at radius 3 is 2.57 bits per heavy atom. The Labute approximate surface area is 377 Å². The number of fused-ring (bicyclic) bond motifs is 5. The Bertz CT molecular complexity index is 1860. The molecule has 4 bridgehead atoms. The van der Waals surface area contributed by atoms with Crippen molar-refractivity contribution in [2.75, 3.05) is 47.3 Å². The second-order valence-corrected chi connectivity index (χ2v) is 19.6. The fourth-order valence-electron chi connectivity index (χ4n) is 12.8. The van der Waals surface area contributed by atoms with E-state index in [1.165, 1.54) is 30.4 Å². The first kappa shape index (κ1) is 49.4. The van der Waals surface area contributed by atoms with E-state index in [1.807, 2.05) is 39.1 Å². The molecule has 1 aliphatic heterocycles. The summed E-state index contributed by atoms with van der Waals surface area (Å²) in [6.45, 7) is 9.17. The van der Waals surface area contributed by atoms with Gasteiger partial charge in [0.1, 0.15) is 19.3 Å². The summed E-state index contributed by atoms with van der Waals surface area (Å²) in [6.07, 6.45) is 22.9. The van der Waals surface area contributed by atoms with Crippen molar-refractivity contribution in [1.82, 2.24) is 10.6 Å². The summed E-state index contributed by atoms with van der Waals surface area (Å²) in [5.41, 5.74) is 4.19. The van der Waals surface area contributed by atoms with Crippen LogP contribution in [0, 0.1) is 40.9 Å². The summed E-state index contributed by atoms with van der Waals surface area (Å²) in [5, 5.41) is 64.6. The lowest BCUT2D eigenvalue weighted by molar-refractivity contribution is -0.194. The van der Waals surface area contributed by atoms with Crippen LogP contribution in [0.15, 0.2) is 95.2 Å². The fraction of sp³-hybridized carbons (Fsp3) is 0.642. The first-order valence-corrected chi connectivity index (χ1v) is 23.8. The van der Waals surface area contributed by atoms with Crippen LogP contribution in [0.1, 0.15) is 102 Å².